The number of aryl methyl sites for hydroxylation is 1. The molecule has 0 N–H and O–H groups in total. The normalized spacial score (nSPS) is 14.3. The van der Waals surface area contributed by atoms with Gasteiger partial charge in [0, 0.05) is 25.0 Å². The van der Waals surface area contributed by atoms with Crippen LogP contribution in [-0.4, -0.2) is 46.9 Å². The van der Waals surface area contributed by atoms with Crippen LogP contribution in [0.3, 0.4) is 0 Å². The summed E-state index contributed by atoms with van der Waals surface area (Å²) in [5, 5.41) is 6.42. The lowest BCUT2D eigenvalue weighted by Gasteiger charge is -2.27. The van der Waals surface area contributed by atoms with Gasteiger partial charge in [-0.1, -0.05) is 0 Å². The molecule has 10 heteroatoms. The molecule has 3 aromatic rings. The van der Waals surface area contributed by atoms with Gasteiger partial charge in [-0.2, -0.15) is 9.40 Å². The van der Waals surface area contributed by atoms with Crippen molar-refractivity contribution in [3.05, 3.63) is 57.4 Å². The Hall–Kier alpha value is -2.43. The zero-order chi connectivity index (χ0) is 21.5. The summed E-state index contributed by atoms with van der Waals surface area (Å²) in [6.45, 7) is 4.74. The second-order valence-electron chi connectivity index (χ2n) is 7.43. The summed E-state index contributed by atoms with van der Waals surface area (Å²) in [7, 11) is -2.28. The molecule has 0 bridgehead atoms. The van der Waals surface area contributed by atoms with Gasteiger partial charge in [0.15, 0.2) is 0 Å². The van der Waals surface area contributed by atoms with Gasteiger partial charge in [0.05, 0.1) is 24.2 Å². The second kappa shape index (κ2) is 8.01. The molecule has 0 saturated heterocycles. The summed E-state index contributed by atoms with van der Waals surface area (Å²) in [6.07, 6.45) is 2.36. The molecular formula is C20H24N4O4S2. The molecule has 3 aromatic heterocycles. The second-order valence-corrected chi connectivity index (χ2v) is 10.4. The molecule has 0 saturated carbocycles. The molecule has 160 valence electrons. The molecule has 0 spiro atoms. The SMILES string of the molecule is Cc1nn(CC(=O)N2CCc3sccc3C2)c(C)c1S(=O)(=O)N(C)Cc1ccco1. The van der Waals surface area contributed by atoms with Crippen molar-refractivity contribution in [2.45, 2.75) is 44.8 Å². The first-order chi connectivity index (χ1) is 14.3. The number of amides is 1. The van der Waals surface area contributed by atoms with Crippen molar-refractivity contribution in [2.75, 3.05) is 13.6 Å². The Kier molecular flexibility index (Phi) is 5.56. The quantitative estimate of drug-likeness (QED) is 0.578. The van der Waals surface area contributed by atoms with Gasteiger partial charge < -0.3 is 9.32 Å². The minimum atomic E-state index is -3.78. The lowest BCUT2D eigenvalue weighted by Crippen LogP contribution is -2.37. The average molecular weight is 449 g/mol. The third-order valence-corrected chi connectivity index (χ3v) is 8.47. The molecule has 4 heterocycles. The Morgan fingerprint density at radius 2 is 2.13 bits per heavy atom. The van der Waals surface area contributed by atoms with Crippen LogP contribution >= 0.6 is 11.3 Å². The first-order valence-electron chi connectivity index (χ1n) is 9.63. The van der Waals surface area contributed by atoms with Gasteiger partial charge in [-0.3, -0.25) is 9.48 Å². The van der Waals surface area contributed by atoms with Crippen LogP contribution in [0, 0.1) is 13.8 Å². The van der Waals surface area contributed by atoms with E-state index in [1.807, 2.05) is 4.90 Å². The highest BCUT2D eigenvalue weighted by Crippen LogP contribution is 2.26. The molecule has 0 fully saturated rings. The molecule has 4 rings (SSSR count). The zero-order valence-corrected chi connectivity index (χ0v) is 18.8. The molecular weight excluding hydrogens is 424 g/mol. The number of fused-ring (bicyclic) bond motifs is 1. The summed E-state index contributed by atoms with van der Waals surface area (Å²) < 4.78 is 34.3. The van der Waals surface area contributed by atoms with Crippen molar-refractivity contribution in [3.8, 4) is 0 Å². The summed E-state index contributed by atoms with van der Waals surface area (Å²) >= 11 is 1.72. The number of hydrogen-bond donors (Lipinski definition) is 0. The number of nitrogens with zero attached hydrogens (tertiary/aromatic N) is 4. The molecule has 0 radical (unpaired) electrons. The number of rotatable bonds is 6. The van der Waals surface area contributed by atoms with E-state index in [2.05, 4.69) is 16.5 Å². The van der Waals surface area contributed by atoms with Gasteiger partial charge in [-0.05, 0) is 49.4 Å². The highest BCUT2D eigenvalue weighted by molar-refractivity contribution is 7.89. The number of hydrogen-bond acceptors (Lipinski definition) is 6. The van der Waals surface area contributed by atoms with Crippen LogP contribution in [0.2, 0.25) is 0 Å². The van der Waals surface area contributed by atoms with Gasteiger partial charge >= 0.3 is 0 Å². The number of thiophene rings is 1. The van der Waals surface area contributed by atoms with E-state index in [4.69, 9.17) is 4.42 Å². The average Bonchev–Trinajstić information content (AvgIpc) is 3.42. The van der Waals surface area contributed by atoms with Gasteiger partial charge in [-0.15, -0.1) is 11.3 Å². The lowest BCUT2D eigenvalue weighted by molar-refractivity contribution is -0.133. The van der Waals surface area contributed by atoms with Crippen molar-refractivity contribution in [1.82, 2.24) is 19.0 Å². The molecule has 1 aliphatic rings. The Balaban J connectivity index is 1.52. The van der Waals surface area contributed by atoms with E-state index < -0.39 is 10.0 Å². The number of furan rings is 1. The van der Waals surface area contributed by atoms with Crippen molar-refractivity contribution in [2.24, 2.45) is 0 Å². The van der Waals surface area contributed by atoms with Gasteiger partial charge in [0.2, 0.25) is 15.9 Å². The van der Waals surface area contributed by atoms with Crippen molar-refractivity contribution in [3.63, 3.8) is 0 Å². The topological polar surface area (TPSA) is 88.7 Å². The van der Waals surface area contributed by atoms with E-state index in [1.165, 1.54) is 32.7 Å². The standard InChI is InChI=1S/C20H24N4O4S2/c1-14-20(30(26,27)22(3)12-17-5-4-9-28-17)15(2)24(21-14)13-19(25)23-8-6-18-16(11-23)7-10-29-18/h4-5,7,9-10H,6,8,11-13H2,1-3H3. The van der Waals surface area contributed by atoms with Crippen LogP contribution in [0.5, 0.6) is 0 Å². The third-order valence-electron chi connectivity index (χ3n) is 5.39. The van der Waals surface area contributed by atoms with Crippen LogP contribution < -0.4 is 0 Å². The molecule has 30 heavy (non-hydrogen) atoms. The van der Waals surface area contributed by atoms with Crippen LogP contribution in [0.4, 0.5) is 0 Å². The van der Waals surface area contributed by atoms with Crippen LogP contribution in [0.15, 0.2) is 39.2 Å². The van der Waals surface area contributed by atoms with E-state index >= 15 is 0 Å². The zero-order valence-electron chi connectivity index (χ0n) is 17.2. The number of carbonyl (C=O) groups excluding carboxylic acids is 1. The number of carbonyl (C=O) groups is 1. The molecule has 1 amide bonds. The smallest absolute Gasteiger partial charge is 0.246 e. The first kappa shape index (κ1) is 20.8. The maximum atomic E-state index is 13.1. The molecule has 0 unspecified atom stereocenters. The highest BCUT2D eigenvalue weighted by atomic mass is 32.2. The predicted molar refractivity (Wildman–Crippen MR) is 113 cm³/mol. The van der Waals surface area contributed by atoms with E-state index in [0.717, 1.165) is 6.42 Å². The molecule has 0 aromatic carbocycles. The monoisotopic (exact) mass is 448 g/mol. The minimum absolute atomic E-state index is 0.0174. The number of sulfonamides is 1. The number of aromatic nitrogens is 2. The molecule has 8 nitrogen and oxygen atoms in total. The van der Waals surface area contributed by atoms with Crippen molar-refractivity contribution < 1.29 is 17.6 Å². The van der Waals surface area contributed by atoms with Gasteiger partial charge in [0.1, 0.15) is 17.2 Å². The first-order valence-corrected chi connectivity index (χ1v) is 11.9. The van der Waals surface area contributed by atoms with Crippen LogP contribution in [0.25, 0.3) is 0 Å². The maximum absolute atomic E-state index is 13.1. The van der Waals surface area contributed by atoms with E-state index in [-0.39, 0.29) is 23.9 Å². The Morgan fingerprint density at radius 1 is 1.33 bits per heavy atom. The third kappa shape index (κ3) is 3.82. The lowest BCUT2D eigenvalue weighted by atomic mass is 10.1. The highest BCUT2D eigenvalue weighted by Gasteiger charge is 2.30. The van der Waals surface area contributed by atoms with Gasteiger partial charge in [-0.25, -0.2) is 8.42 Å². The summed E-state index contributed by atoms with van der Waals surface area (Å²) in [5.74, 6) is 0.488. The fraction of sp³-hybridized carbons (Fsp3) is 0.400. The summed E-state index contributed by atoms with van der Waals surface area (Å²) in [4.78, 5) is 16.1. The fourth-order valence-corrected chi connectivity index (χ4v) is 6.15. The maximum Gasteiger partial charge on any atom is 0.246 e. The van der Waals surface area contributed by atoms with E-state index in [9.17, 15) is 13.2 Å². The Labute approximate surface area is 179 Å². The fourth-order valence-electron chi connectivity index (χ4n) is 3.76. The predicted octanol–water partition coefficient (Wildman–Crippen LogP) is 2.56. The Morgan fingerprint density at radius 3 is 2.87 bits per heavy atom. The Bertz CT molecular complexity index is 1160. The summed E-state index contributed by atoms with van der Waals surface area (Å²) in [5.41, 5.74) is 2.03. The van der Waals surface area contributed by atoms with Crippen molar-refractivity contribution >= 4 is 27.3 Å². The van der Waals surface area contributed by atoms with Crippen LogP contribution in [-0.2, 0) is 40.9 Å². The van der Waals surface area contributed by atoms with Crippen molar-refractivity contribution in [1.29, 1.82) is 0 Å². The molecule has 1 aliphatic heterocycles. The van der Waals surface area contributed by atoms with Gasteiger partial charge in [0.25, 0.3) is 0 Å². The van der Waals surface area contributed by atoms with E-state index in [1.54, 1.807) is 37.3 Å². The minimum Gasteiger partial charge on any atom is -0.468 e. The van der Waals surface area contributed by atoms with Crippen LogP contribution in [0.1, 0.15) is 27.6 Å². The molecule has 0 atom stereocenters. The van der Waals surface area contributed by atoms with E-state index in [0.29, 0.717) is 30.2 Å². The summed E-state index contributed by atoms with van der Waals surface area (Å²) in [6, 6.07) is 5.50. The largest absolute Gasteiger partial charge is 0.468 e. The molecule has 0 aliphatic carbocycles.